The van der Waals surface area contributed by atoms with E-state index in [2.05, 4.69) is 20.6 Å². The van der Waals surface area contributed by atoms with E-state index in [0.29, 0.717) is 16.8 Å². The molecular weight excluding hydrogens is 405 g/mol. The van der Waals surface area contributed by atoms with Gasteiger partial charge in [-0.2, -0.15) is 13.2 Å². The van der Waals surface area contributed by atoms with E-state index in [1.807, 2.05) is 0 Å². The lowest BCUT2D eigenvalue weighted by Gasteiger charge is -2.10. The Bertz CT molecular complexity index is 1060. The lowest BCUT2D eigenvalue weighted by atomic mass is 10.2. The molecule has 0 aliphatic heterocycles. The van der Waals surface area contributed by atoms with Crippen molar-refractivity contribution < 1.29 is 22.8 Å². The Morgan fingerprint density at radius 2 is 1.59 bits per heavy atom. The quantitative estimate of drug-likeness (QED) is 0.474. The first-order chi connectivity index (χ1) is 13.7. The third-order valence-electron chi connectivity index (χ3n) is 3.65. The zero-order valence-electron chi connectivity index (χ0n) is 15.1. The number of amides is 2. The number of aromatic nitrogens is 2. The number of rotatable bonds is 5. The van der Waals surface area contributed by atoms with E-state index in [1.165, 1.54) is 13.0 Å². The highest BCUT2D eigenvalue weighted by molar-refractivity contribution is 8.00. The summed E-state index contributed by atoms with van der Waals surface area (Å²) < 4.78 is 39.2. The third-order valence-corrected chi connectivity index (χ3v) is 4.64. The first kappa shape index (κ1) is 20.6. The van der Waals surface area contributed by atoms with Gasteiger partial charge in [0.05, 0.1) is 11.3 Å². The highest BCUT2D eigenvalue weighted by atomic mass is 32.2. The minimum Gasteiger partial charge on any atom is -0.326 e. The van der Waals surface area contributed by atoms with Gasteiger partial charge in [0.1, 0.15) is 5.03 Å². The van der Waals surface area contributed by atoms with Crippen molar-refractivity contribution in [1.82, 2.24) is 9.97 Å². The van der Waals surface area contributed by atoms with E-state index < -0.39 is 17.9 Å². The molecule has 0 saturated carbocycles. The second kappa shape index (κ2) is 8.48. The Kier molecular flexibility index (Phi) is 6.02. The maximum Gasteiger partial charge on any atom is 0.451 e. The molecule has 29 heavy (non-hydrogen) atoms. The summed E-state index contributed by atoms with van der Waals surface area (Å²) >= 11 is 0.899. The molecule has 2 N–H and O–H groups in total. The molecule has 0 fully saturated rings. The molecule has 150 valence electrons. The van der Waals surface area contributed by atoms with Crippen molar-refractivity contribution in [3.63, 3.8) is 0 Å². The van der Waals surface area contributed by atoms with E-state index in [0.717, 1.165) is 11.8 Å². The second-order valence-corrected chi connectivity index (χ2v) is 6.93. The number of fused-ring (bicyclic) bond motifs is 1. The van der Waals surface area contributed by atoms with Crippen LogP contribution < -0.4 is 10.6 Å². The van der Waals surface area contributed by atoms with Gasteiger partial charge in [0.15, 0.2) is 0 Å². The van der Waals surface area contributed by atoms with Gasteiger partial charge in [-0.05, 0) is 30.3 Å². The summed E-state index contributed by atoms with van der Waals surface area (Å²) in [6, 6.07) is 12.8. The molecule has 6 nitrogen and oxygen atoms in total. The normalized spacial score (nSPS) is 11.3. The maximum absolute atomic E-state index is 13.1. The number of nitrogens with one attached hydrogen (secondary N) is 2. The number of carbonyl (C=O) groups is 2. The molecule has 3 aromatic rings. The Labute approximate surface area is 167 Å². The van der Waals surface area contributed by atoms with E-state index in [1.54, 1.807) is 42.5 Å². The molecule has 0 radical (unpaired) electrons. The van der Waals surface area contributed by atoms with Crippen LogP contribution in [0.1, 0.15) is 12.7 Å². The SMILES string of the molecule is CC(=O)Nc1ccc(NC(=O)CSc2nc(C(F)(F)F)nc3ccccc23)cc1. The van der Waals surface area contributed by atoms with E-state index in [-0.39, 0.29) is 22.2 Å². The lowest BCUT2D eigenvalue weighted by molar-refractivity contribution is -0.145. The van der Waals surface area contributed by atoms with E-state index in [4.69, 9.17) is 0 Å². The van der Waals surface area contributed by atoms with Crippen LogP contribution in [0.3, 0.4) is 0 Å². The van der Waals surface area contributed by atoms with Crippen LogP contribution in [0.2, 0.25) is 0 Å². The summed E-state index contributed by atoms with van der Waals surface area (Å²) in [4.78, 5) is 30.4. The standard InChI is InChI=1S/C19H15F3N4O2S/c1-11(27)23-12-6-8-13(9-7-12)24-16(28)10-29-17-14-4-2-3-5-15(14)25-18(26-17)19(20,21)22/h2-9H,10H2,1H3,(H,23,27)(H,24,28). The summed E-state index contributed by atoms with van der Waals surface area (Å²) in [5, 5.41) is 5.78. The molecule has 0 spiro atoms. The lowest BCUT2D eigenvalue weighted by Crippen LogP contribution is -2.15. The average Bonchev–Trinajstić information content (AvgIpc) is 2.66. The molecule has 3 rings (SSSR count). The summed E-state index contributed by atoms with van der Waals surface area (Å²) in [5.74, 6) is -1.99. The van der Waals surface area contributed by atoms with Crippen molar-refractivity contribution in [2.45, 2.75) is 18.1 Å². The highest BCUT2D eigenvalue weighted by Crippen LogP contribution is 2.32. The van der Waals surface area contributed by atoms with Gasteiger partial charge in [0, 0.05) is 23.7 Å². The van der Waals surface area contributed by atoms with Gasteiger partial charge in [0.2, 0.25) is 17.6 Å². The fraction of sp³-hybridized carbons (Fsp3) is 0.158. The summed E-state index contributed by atoms with van der Waals surface area (Å²) in [5.41, 5.74) is 1.23. The average molecular weight is 420 g/mol. The molecule has 0 aliphatic rings. The van der Waals surface area contributed by atoms with Gasteiger partial charge >= 0.3 is 6.18 Å². The molecule has 0 saturated heterocycles. The van der Waals surface area contributed by atoms with Crippen LogP contribution in [0.15, 0.2) is 53.6 Å². The number of halogens is 3. The van der Waals surface area contributed by atoms with Crippen LogP contribution in [0.25, 0.3) is 10.9 Å². The van der Waals surface area contributed by atoms with Crippen LogP contribution in [0.5, 0.6) is 0 Å². The van der Waals surface area contributed by atoms with Crippen LogP contribution in [0, 0.1) is 0 Å². The van der Waals surface area contributed by atoms with Crippen LogP contribution in [0.4, 0.5) is 24.5 Å². The molecule has 0 bridgehead atoms. The Morgan fingerprint density at radius 1 is 0.966 bits per heavy atom. The molecule has 10 heteroatoms. The number of nitrogens with zero attached hydrogens (tertiary/aromatic N) is 2. The second-order valence-electron chi connectivity index (χ2n) is 5.96. The first-order valence-electron chi connectivity index (χ1n) is 8.36. The van der Waals surface area contributed by atoms with Crippen molar-refractivity contribution in [1.29, 1.82) is 0 Å². The van der Waals surface area contributed by atoms with Crippen molar-refractivity contribution in [2.24, 2.45) is 0 Å². The highest BCUT2D eigenvalue weighted by Gasteiger charge is 2.35. The van der Waals surface area contributed by atoms with E-state index >= 15 is 0 Å². The zero-order valence-corrected chi connectivity index (χ0v) is 15.9. The van der Waals surface area contributed by atoms with Gasteiger partial charge in [0.25, 0.3) is 0 Å². The van der Waals surface area contributed by atoms with Crippen LogP contribution in [-0.2, 0) is 15.8 Å². The van der Waals surface area contributed by atoms with Gasteiger partial charge < -0.3 is 10.6 Å². The Hall–Kier alpha value is -3.14. The van der Waals surface area contributed by atoms with Crippen molar-refractivity contribution in [2.75, 3.05) is 16.4 Å². The Morgan fingerprint density at radius 3 is 2.21 bits per heavy atom. The summed E-state index contributed by atoms with van der Waals surface area (Å²) in [7, 11) is 0. The minimum atomic E-state index is -4.68. The number of benzene rings is 2. The monoisotopic (exact) mass is 420 g/mol. The number of anilines is 2. The summed E-state index contributed by atoms with van der Waals surface area (Å²) in [6.07, 6.45) is -4.68. The fourth-order valence-electron chi connectivity index (χ4n) is 2.46. The number of hydrogen-bond donors (Lipinski definition) is 2. The molecule has 1 aromatic heterocycles. The third kappa shape index (κ3) is 5.44. The topological polar surface area (TPSA) is 84.0 Å². The van der Waals surface area contributed by atoms with Gasteiger partial charge in [-0.25, -0.2) is 9.97 Å². The molecule has 0 unspecified atom stereocenters. The first-order valence-corrected chi connectivity index (χ1v) is 9.35. The van der Waals surface area contributed by atoms with Crippen molar-refractivity contribution in [3.05, 3.63) is 54.4 Å². The molecule has 0 atom stereocenters. The predicted octanol–water partition coefficient (Wildman–Crippen LogP) is 4.34. The smallest absolute Gasteiger partial charge is 0.326 e. The number of thioether (sulfide) groups is 1. The fourth-order valence-corrected chi connectivity index (χ4v) is 3.27. The molecule has 2 aromatic carbocycles. The molecule has 2 amide bonds. The minimum absolute atomic E-state index is 0.0825. The van der Waals surface area contributed by atoms with Gasteiger partial charge in [-0.1, -0.05) is 30.0 Å². The largest absolute Gasteiger partial charge is 0.451 e. The number of para-hydroxylation sites is 1. The predicted molar refractivity (Wildman–Crippen MR) is 105 cm³/mol. The van der Waals surface area contributed by atoms with Crippen molar-refractivity contribution >= 4 is 45.9 Å². The van der Waals surface area contributed by atoms with Gasteiger partial charge in [-0.3, -0.25) is 9.59 Å². The number of carbonyl (C=O) groups excluding carboxylic acids is 2. The van der Waals surface area contributed by atoms with Crippen LogP contribution in [-0.4, -0.2) is 27.5 Å². The number of alkyl halides is 3. The molecule has 1 heterocycles. The Balaban J connectivity index is 1.71. The zero-order chi connectivity index (χ0) is 21.0. The summed E-state index contributed by atoms with van der Waals surface area (Å²) in [6.45, 7) is 1.38. The van der Waals surface area contributed by atoms with E-state index in [9.17, 15) is 22.8 Å². The number of hydrogen-bond acceptors (Lipinski definition) is 5. The molecule has 0 aliphatic carbocycles. The van der Waals surface area contributed by atoms with Crippen LogP contribution >= 0.6 is 11.8 Å². The van der Waals surface area contributed by atoms with Gasteiger partial charge in [-0.15, -0.1) is 0 Å². The molecular formula is C19H15F3N4O2S. The maximum atomic E-state index is 13.1. The van der Waals surface area contributed by atoms with Crippen molar-refractivity contribution in [3.8, 4) is 0 Å².